The van der Waals surface area contributed by atoms with Crippen molar-refractivity contribution in [3.63, 3.8) is 0 Å². The molecule has 8 heteroatoms. The standard InChI is InChI=1S/C6H5Cl2NO3S.K/c7-5-3(9)1-2-4(6(5)8)13(10,11)12;/h1-2H,9H2,(H,10,11,12);/q;+1/p-1. The zero-order valence-electron chi connectivity index (χ0n) is 7.12. The predicted molar refractivity (Wildman–Crippen MR) is 48.8 cm³/mol. The van der Waals surface area contributed by atoms with E-state index in [1.165, 1.54) is 6.07 Å². The van der Waals surface area contributed by atoms with Gasteiger partial charge in [0.1, 0.15) is 10.1 Å². The summed E-state index contributed by atoms with van der Waals surface area (Å²) in [6.07, 6.45) is 0. The number of halogens is 2. The fourth-order valence-corrected chi connectivity index (χ4v) is 1.97. The van der Waals surface area contributed by atoms with Crippen LogP contribution in [-0.2, 0) is 10.1 Å². The summed E-state index contributed by atoms with van der Waals surface area (Å²) in [6, 6.07) is 2.23. The van der Waals surface area contributed by atoms with Crippen LogP contribution in [0.15, 0.2) is 17.0 Å². The number of hydrogen-bond acceptors (Lipinski definition) is 4. The fourth-order valence-electron chi connectivity index (χ4n) is 0.740. The van der Waals surface area contributed by atoms with Gasteiger partial charge in [-0.1, -0.05) is 23.2 Å². The van der Waals surface area contributed by atoms with Gasteiger partial charge in [-0.05, 0) is 12.1 Å². The van der Waals surface area contributed by atoms with E-state index in [1.54, 1.807) is 0 Å². The average molecular weight is 280 g/mol. The van der Waals surface area contributed by atoms with Gasteiger partial charge in [0.15, 0.2) is 0 Å². The van der Waals surface area contributed by atoms with E-state index in [0.717, 1.165) is 6.07 Å². The molecule has 1 aromatic carbocycles. The number of benzene rings is 1. The number of nitrogen functional groups attached to an aromatic ring is 1. The first-order valence-electron chi connectivity index (χ1n) is 3.03. The van der Waals surface area contributed by atoms with Crippen LogP contribution in [0.3, 0.4) is 0 Å². The third-order valence-corrected chi connectivity index (χ3v) is 3.23. The minimum atomic E-state index is -4.59. The van der Waals surface area contributed by atoms with Crippen molar-refractivity contribution in [2.75, 3.05) is 5.73 Å². The van der Waals surface area contributed by atoms with Crippen LogP contribution in [0.1, 0.15) is 0 Å². The Morgan fingerprint density at radius 3 is 2.14 bits per heavy atom. The summed E-state index contributed by atoms with van der Waals surface area (Å²) in [5.41, 5.74) is 5.44. The molecule has 0 heterocycles. The molecule has 0 spiro atoms. The van der Waals surface area contributed by atoms with Crippen molar-refractivity contribution in [2.24, 2.45) is 0 Å². The minimum Gasteiger partial charge on any atom is -0.744 e. The van der Waals surface area contributed by atoms with Crippen molar-refractivity contribution in [1.82, 2.24) is 0 Å². The number of hydrogen-bond donors (Lipinski definition) is 1. The molecule has 0 saturated carbocycles. The van der Waals surface area contributed by atoms with Crippen molar-refractivity contribution >= 4 is 39.0 Å². The van der Waals surface area contributed by atoms with Crippen molar-refractivity contribution in [3.05, 3.63) is 22.2 Å². The van der Waals surface area contributed by atoms with Gasteiger partial charge < -0.3 is 10.3 Å². The Labute approximate surface area is 134 Å². The van der Waals surface area contributed by atoms with Crippen molar-refractivity contribution in [2.45, 2.75) is 4.90 Å². The SMILES string of the molecule is Nc1ccc(S(=O)(=O)[O-])c(Cl)c1Cl.[K+]. The van der Waals surface area contributed by atoms with E-state index >= 15 is 0 Å². The fraction of sp³-hybridized carbons (Fsp3) is 0. The van der Waals surface area contributed by atoms with E-state index in [0.29, 0.717) is 0 Å². The second kappa shape index (κ2) is 5.47. The molecule has 0 radical (unpaired) electrons. The zero-order valence-corrected chi connectivity index (χ0v) is 12.6. The minimum absolute atomic E-state index is 0. The largest absolute Gasteiger partial charge is 1.00 e. The van der Waals surface area contributed by atoms with Crippen LogP contribution in [0.25, 0.3) is 0 Å². The first-order chi connectivity index (χ1) is 5.84. The summed E-state index contributed by atoms with van der Waals surface area (Å²) in [6.45, 7) is 0. The summed E-state index contributed by atoms with van der Waals surface area (Å²) in [5, 5.41) is -0.463. The molecule has 1 aromatic rings. The smallest absolute Gasteiger partial charge is 0.744 e. The second-order valence-electron chi connectivity index (χ2n) is 2.24. The summed E-state index contributed by atoms with van der Waals surface area (Å²) in [7, 11) is -4.59. The molecule has 0 bridgehead atoms. The van der Waals surface area contributed by atoms with Crippen molar-refractivity contribution < 1.29 is 64.4 Å². The van der Waals surface area contributed by atoms with Gasteiger partial charge in [0.25, 0.3) is 0 Å². The molecule has 0 fully saturated rings. The third-order valence-electron chi connectivity index (χ3n) is 1.35. The number of anilines is 1. The van der Waals surface area contributed by atoms with Gasteiger partial charge in [-0.2, -0.15) is 0 Å². The molecule has 0 saturated heterocycles. The van der Waals surface area contributed by atoms with Gasteiger partial charge in [-0.25, -0.2) is 8.42 Å². The molecule has 14 heavy (non-hydrogen) atoms. The van der Waals surface area contributed by atoms with E-state index in [1.807, 2.05) is 0 Å². The molecule has 0 aliphatic rings. The van der Waals surface area contributed by atoms with Crippen molar-refractivity contribution in [1.29, 1.82) is 0 Å². The van der Waals surface area contributed by atoms with Gasteiger partial charge in [-0.3, -0.25) is 0 Å². The van der Waals surface area contributed by atoms with Crippen LogP contribution in [0.4, 0.5) is 5.69 Å². The van der Waals surface area contributed by atoms with E-state index < -0.39 is 15.0 Å². The van der Waals surface area contributed by atoms with E-state index in [9.17, 15) is 13.0 Å². The molecular formula is C6H4Cl2KNO3S. The topological polar surface area (TPSA) is 83.2 Å². The van der Waals surface area contributed by atoms with Gasteiger partial charge in [0, 0.05) is 0 Å². The maximum atomic E-state index is 10.6. The molecule has 4 nitrogen and oxygen atoms in total. The van der Waals surface area contributed by atoms with E-state index in [4.69, 9.17) is 28.9 Å². The molecule has 0 amide bonds. The molecule has 2 N–H and O–H groups in total. The van der Waals surface area contributed by atoms with Crippen LogP contribution < -0.4 is 57.1 Å². The normalized spacial score (nSPS) is 10.8. The zero-order chi connectivity index (χ0) is 10.2. The van der Waals surface area contributed by atoms with Gasteiger partial charge in [0.05, 0.1) is 20.6 Å². The molecule has 1 rings (SSSR count). The summed E-state index contributed by atoms with van der Waals surface area (Å²) >= 11 is 11.0. The Bertz CT molecular complexity index is 449. The van der Waals surface area contributed by atoms with E-state index in [2.05, 4.69) is 0 Å². The molecule has 0 atom stereocenters. The van der Waals surface area contributed by atoms with Gasteiger partial charge in [0.2, 0.25) is 0 Å². The third kappa shape index (κ3) is 3.33. The average Bonchev–Trinajstić information content (AvgIpc) is 1.98. The summed E-state index contributed by atoms with van der Waals surface area (Å²) in [4.78, 5) is -0.562. The van der Waals surface area contributed by atoms with E-state index in [-0.39, 0.29) is 67.1 Å². The monoisotopic (exact) mass is 279 g/mol. The second-order valence-corrected chi connectivity index (χ2v) is 4.34. The summed E-state index contributed by atoms with van der Waals surface area (Å²) in [5.74, 6) is 0. The molecular weight excluding hydrogens is 276 g/mol. The Hall–Kier alpha value is 1.15. The summed E-state index contributed by atoms with van der Waals surface area (Å²) < 4.78 is 31.7. The molecule has 0 unspecified atom stereocenters. The molecule has 0 aliphatic carbocycles. The quantitative estimate of drug-likeness (QED) is 0.385. The first kappa shape index (κ1) is 15.1. The maximum absolute atomic E-state index is 10.6. The van der Waals surface area contributed by atoms with Gasteiger partial charge in [-0.15, -0.1) is 0 Å². The maximum Gasteiger partial charge on any atom is 1.00 e. The van der Waals surface area contributed by atoms with Crippen molar-refractivity contribution in [3.8, 4) is 0 Å². The van der Waals surface area contributed by atoms with Crippen LogP contribution >= 0.6 is 23.2 Å². The van der Waals surface area contributed by atoms with Crippen LogP contribution in [0.2, 0.25) is 10.0 Å². The van der Waals surface area contributed by atoms with Crippen LogP contribution in [-0.4, -0.2) is 13.0 Å². The number of rotatable bonds is 1. The molecule has 0 aliphatic heterocycles. The molecule has 0 aromatic heterocycles. The Morgan fingerprint density at radius 2 is 1.71 bits per heavy atom. The Morgan fingerprint density at radius 1 is 1.21 bits per heavy atom. The predicted octanol–water partition coefficient (Wildman–Crippen LogP) is -1.52. The first-order valence-corrected chi connectivity index (χ1v) is 5.20. The number of nitrogens with two attached hydrogens (primary N) is 1. The Balaban J connectivity index is 0.00000169. The van der Waals surface area contributed by atoms with Crippen LogP contribution in [0, 0.1) is 0 Å². The molecule has 72 valence electrons. The Kier molecular flexibility index (Phi) is 5.92. The van der Waals surface area contributed by atoms with Gasteiger partial charge >= 0.3 is 51.4 Å². The van der Waals surface area contributed by atoms with Crippen LogP contribution in [0.5, 0.6) is 0 Å².